The summed E-state index contributed by atoms with van der Waals surface area (Å²) in [6.45, 7) is 4.36. The van der Waals surface area contributed by atoms with Gasteiger partial charge in [0.15, 0.2) is 0 Å². The standard InChI is InChI=1S/C25H26ClN5O2/c1-15-20(14-30(3)29-15)18-6-4-5-7-19(18)22-23(26)31-9-8-17(10-21(31)28-22)24(32)27-13-16-11-25(2,33)12-16/h4-10,14,16,33H,11-13H2,1-3H3,(H,27,32). The van der Waals surface area contributed by atoms with Crippen LogP contribution in [-0.2, 0) is 7.05 Å². The van der Waals surface area contributed by atoms with Crippen molar-refractivity contribution in [2.24, 2.45) is 13.0 Å². The van der Waals surface area contributed by atoms with Gasteiger partial charge in [-0.25, -0.2) is 4.98 Å². The van der Waals surface area contributed by atoms with Crippen molar-refractivity contribution >= 4 is 23.2 Å². The number of aliphatic hydroxyl groups is 1. The number of nitrogens with zero attached hydrogens (tertiary/aromatic N) is 4. The lowest BCUT2D eigenvalue weighted by Gasteiger charge is -2.40. The Labute approximate surface area is 197 Å². The third-order valence-corrected chi connectivity index (χ3v) is 6.69. The SMILES string of the molecule is Cc1nn(C)cc1-c1ccccc1-c1nc2cc(C(=O)NCC3CC(C)(O)C3)ccn2c1Cl. The Morgan fingerprint density at radius 1 is 1.24 bits per heavy atom. The molecule has 3 heterocycles. The van der Waals surface area contributed by atoms with Gasteiger partial charge in [-0.05, 0) is 50.3 Å². The second-order valence-corrected chi connectivity index (χ2v) is 9.58. The number of carbonyl (C=O) groups excluding carboxylic acids is 1. The second-order valence-electron chi connectivity index (χ2n) is 9.22. The molecular formula is C25H26ClN5O2. The predicted molar refractivity (Wildman–Crippen MR) is 128 cm³/mol. The number of benzene rings is 1. The minimum Gasteiger partial charge on any atom is -0.390 e. The van der Waals surface area contributed by atoms with Crippen LogP contribution in [0.3, 0.4) is 0 Å². The van der Waals surface area contributed by atoms with Crippen LogP contribution in [0.25, 0.3) is 28.0 Å². The van der Waals surface area contributed by atoms with Crippen LogP contribution < -0.4 is 5.32 Å². The van der Waals surface area contributed by atoms with E-state index < -0.39 is 5.60 Å². The van der Waals surface area contributed by atoms with Crippen molar-refractivity contribution in [2.75, 3.05) is 6.54 Å². The molecule has 1 amide bonds. The predicted octanol–water partition coefficient (Wildman–Crippen LogP) is 4.25. The van der Waals surface area contributed by atoms with Gasteiger partial charge in [-0.3, -0.25) is 13.9 Å². The Hall–Kier alpha value is -3.16. The van der Waals surface area contributed by atoms with Gasteiger partial charge < -0.3 is 10.4 Å². The van der Waals surface area contributed by atoms with E-state index in [0.29, 0.717) is 47.4 Å². The molecular weight excluding hydrogens is 438 g/mol. The molecule has 0 aliphatic heterocycles. The second kappa shape index (κ2) is 8.01. The summed E-state index contributed by atoms with van der Waals surface area (Å²) >= 11 is 6.74. The summed E-state index contributed by atoms with van der Waals surface area (Å²) in [6.07, 6.45) is 5.18. The topological polar surface area (TPSA) is 84.5 Å². The zero-order chi connectivity index (χ0) is 23.3. The molecule has 0 bridgehead atoms. The lowest BCUT2D eigenvalue weighted by atomic mass is 9.72. The van der Waals surface area contributed by atoms with Crippen LogP contribution in [0.1, 0.15) is 35.8 Å². The van der Waals surface area contributed by atoms with Crippen LogP contribution in [0.4, 0.5) is 0 Å². The highest BCUT2D eigenvalue weighted by Gasteiger charge is 2.38. The van der Waals surface area contributed by atoms with Gasteiger partial charge in [-0.15, -0.1) is 0 Å². The average Bonchev–Trinajstić information content (AvgIpc) is 3.28. The Kier molecular flexibility index (Phi) is 5.26. The maximum absolute atomic E-state index is 12.7. The van der Waals surface area contributed by atoms with Gasteiger partial charge in [0.25, 0.3) is 5.91 Å². The lowest BCUT2D eigenvalue weighted by Crippen LogP contribution is -2.45. The van der Waals surface area contributed by atoms with Crippen LogP contribution >= 0.6 is 11.6 Å². The van der Waals surface area contributed by atoms with Crippen LogP contribution in [0.2, 0.25) is 5.15 Å². The van der Waals surface area contributed by atoms with Crippen molar-refractivity contribution in [3.63, 3.8) is 0 Å². The van der Waals surface area contributed by atoms with Gasteiger partial charge in [0.05, 0.1) is 11.3 Å². The molecule has 7 nitrogen and oxygen atoms in total. The Morgan fingerprint density at radius 3 is 2.64 bits per heavy atom. The quantitative estimate of drug-likeness (QED) is 0.463. The zero-order valence-electron chi connectivity index (χ0n) is 18.8. The number of amides is 1. The molecule has 33 heavy (non-hydrogen) atoms. The number of aromatic nitrogens is 4. The molecule has 5 rings (SSSR count). The number of hydrogen-bond donors (Lipinski definition) is 2. The van der Waals surface area contributed by atoms with Crippen molar-refractivity contribution in [3.8, 4) is 22.4 Å². The molecule has 4 aromatic rings. The first-order valence-corrected chi connectivity index (χ1v) is 11.4. The van der Waals surface area contributed by atoms with Crippen molar-refractivity contribution in [2.45, 2.75) is 32.3 Å². The summed E-state index contributed by atoms with van der Waals surface area (Å²) in [6, 6.07) is 11.5. The van der Waals surface area contributed by atoms with Crippen molar-refractivity contribution in [1.29, 1.82) is 0 Å². The number of hydrogen-bond acceptors (Lipinski definition) is 4. The number of pyridine rings is 1. The third-order valence-electron chi connectivity index (χ3n) is 6.32. The Morgan fingerprint density at radius 2 is 1.97 bits per heavy atom. The summed E-state index contributed by atoms with van der Waals surface area (Å²) in [7, 11) is 1.90. The maximum atomic E-state index is 12.7. The highest BCUT2D eigenvalue weighted by atomic mass is 35.5. The molecule has 2 N–H and O–H groups in total. The molecule has 1 aromatic carbocycles. The van der Waals surface area contributed by atoms with Gasteiger partial charge in [0.1, 0.15) is 16.5 Å². The van der Waals surface area contributed by atoms with E-state index in [1.54, 1.807) is 27.4 Å². The first-order chi connectivity index (χ1) is 15.7. The monoisotopic (exact) mass is 463 g/mol. The molecule has 3 aromatic heterocycles. The Bertz CT molecular complexity index is 1360. The van der Waals surface area contributed by atoms with E-state index in [1.165, 1.54) is 0 Å². The van der Waals surface area contributed by atoms with Crippen molar-refractivity contribution in [3.05, 3.63) is 65.2 Å². The third kappa shape index (κ3) is 4.03. The largest absolute Gasteiger partial charge is 0.390 e. The maximum Gasteiger partial charge on any atom is 0.251 e. The Balaban J connectivity index is 1.45. The summed E-state index contributed by atoms with van der Waals surface area (Å²) in [5.74, 6) is 0.156. The van der Waals surface area contributed by atoms with Crippen molar-refractivity contribution in [1.82, 2.24) is 24.5 Å². The molecule has 170 valence electrons. The van der Waals surface area contributed by atoms with E-state index in [0.717, 1.165) is 22.4 Å². The summed E-state index contributed by atoms with van der Waals surface area (Å²) < 4.78 is 3.58. The minimum atomic E-state index is -0.595. The van der Waals surface area contributed by atoms with E-state index in [9.17, 15) is 9.90 Å². The molecule has 1 aliphatic rings. The van der Waals surface area contributed by atoms with Crippen LogP contribution in [0.15, 0.2) is 48.8 Å². The highest BCUT2D eigenvalue weighted by molar-refractivity contribution is 6.32. The zero-order valence-corrected chi connectivity index (χ0v) is 19.6. The van der Waals surface area contributed by atoms with Crippen LogP contribution in [-0.4, -0.2) is 42.3 Å². The van der Waals surface area contributed by atoms with Crippen LogP contribution in [0.5, 0.6) is 0 Å². The number of halogens is 1. The molecule has 1 fully saturated rings. The first-order valence-electron chi connectivity index (χ1n) is 11.0. The number of imidazole rings is 1. The summed E-state index contributed by atoms with van der Waals surface area (Å²) in [4.78, 5) is 17.5. The van der Waals surface area contributed by atoms with Gasteiger partial charge >= 0.3 is 0 Å². The van der Waals surface area contributed by atoms with Gasteiger partial charge in [-0.1, -0.05) is 35.9 Å². The molecule has 8 heteroatoms. The van der Waals surface area contributed by atoms with E-state index in [4.69, 9.17) is 16.6 Å². The fraction of sp³-hybridized carbons (Fsp3) is 0.320. The number of carbonyl (C=O) groups is 1. The molecule has 0 atom stereocenters. The van der Waals surface area contributed by atoms with E-state index in [2.05, 4.69) is 10.4 Å². The fourth-order valence-corrected chi connectivity index (χ4v) is 5.07. The molecule has 0 unspecified atom stereocenters. The molecule has 1 aliphatic carbocycles. The normalized spacial score (nSPS) is 20.1. The average molecular weight is 464 g/mol. The summed E-state index contributed by atoms with van der Waals surface area (Å²) in [5.41, 5.74) is 5.05. The number of aryl methyl sites for hydroxylation is 2. The smallest absolute Gasteiger partial charge is 0.251 e. The highest BCUT2D eigenvalue weighted by Crippen LogP contribution is 2.38. The van der Waals surface area contributed by atoms with Gasteiger partial charge in [0, 0.05) is 42.7 Å². The molecule has 0 saturated heterocycles. The molecule has 1 saturated carbocycles. The number of fused-ring (bicyclic) bond motifs is 1. The molecule has 0 radical (unpaired) electrons. The van der Waals surface area contributed by atoms with Gasteiger partial charge in [-0.2, -0.15) is 5.10 Å². The van der Waals surface area contributed by atoms with E-state index >= 15 is 0 Å². The van der Waals surface area contributed by atoms with Gasteiger partial charge in [0.2, 0.25) is 0 Å². The van der Waals surface area contributed by atoms with Crippen molar-refractivity contribution < 1.29 is 9.90 Å². The van der Waals surface area contributed by atoms with Crippen LogP contribution in [0, 0.1) is 12.8 Å². The van der Waals surface area contributed by atoms with E-state index in [1.807, 2.05) is 51.4 Å². The lowest BCUT2D eigenvalue weighted by molar-refractivity contribution is -0.0555. The number of nitrogens with one attached hydrogen (secondary N) is 1. The fourth-order valence-electron chi connectivity index (χ4n) is 4.78. The summed E-state index contributed by atoms with van der Waals surface area (Å²) in [5, 5.41) is 17.8. The first kappa shape index (κ1) is 21.7. The van der Waals surface area contributed by atoms with E-state index in [-0.39, 0.29) is 5.91 Å². The number of rotatable bonds is 5. The minimum absolute atomic E-state index is 0.156. The molecule has 0 spiro atoms.